The van der Waals surface area contributed by atoms with Gasteiger partial charge in [0.15, 0.2) is 0 Å². The van der Waals surface area contributed by atoms with Crippen LogP contribution in [0.4, 0.5) is 25.3 Å². The summed E-state index contributed by atoms with van der Waals surface area (Å²) < 4.78 is 36.8. The van der Waals surface area contributed by atoms with E-state index in [4.69, 9.17) is 9.15 Å². The molecule has 2 N–H and O–H groups in total. The Morgan fingerprint density at radius 2 is 1.96 bits per heavy atom. The van der Waals surface area contributed by atoms with Gasteiger partial charge in [-0.25, -0.2) is 13.6 Å². The SMILES string of the molecule is COc1cccc(NC(=O)Nc2nnc(-c3ccc(F)cc3F)o2)c1. The van der Waals surface area contributed by atoms with Crippen LogP contribution in [0.25, 0.3) is 11.5 Å². The zero-order valence-corrected chi connectivity index (χ0v) is 12.9. The number of nitrogens with zero attached hydrogens (tertiary/aromatic N) is 2. The molecule has 25 heavy (non-hydrogen) atoms. The Labute approximate surface area is 140 Å². The summed E-state index contributed by atoms with van der Waals surface area (Å²) >= 11 is 0. The number of carbonyl (C=O) groups is 1. The summed E-state index contributed by atoms with van der Waals surface area (Å²) in [5.74, 6) is -1.19. The van der Waals surface area contributed by atoms with Crippen molar-refractivity contribution >= 4 is 17.7 Å². The molecule has 3 rings (SSSR count). The standard InChI is InChI=1S/C16H12F2N4O3/c1-24-11-4-2-3-10(8-11)19-15(23)20-16-22-21-14(25-16)12-6-5-9(17)7-13(12)18/h2-8H,1H3,(H2,19,20,22,23). The van der Waals surface area contributed by atoms with E-state index in [1.54, 1.807) is 24.3 Å². The number of halogens is 2. The molecule has 128 valence electrons. The first-order valence-electron chi connectivity index (χ1n) is 7.06. The molecule has 1 heterocycles. The molecule has 0 atom stereocenters. The maximum absolute atomic E-state index is 13.7. The fourth-order valence-electron chi connectivity index (χ4n) is 2.01. The van der Waals surface area contributed by atoms with E-state index in [-0.39, 0.29) is 17.5 Å². The molecule has 0 fully saturated rings. The minimum absolute atomic E-state index is 0.0739. The summed E-state index contributed by atoms with van der Waals surface area (Å²) in [4.78, 5) is 11.9. The Hall–Kier alpha value is -3.49. The number of ether oxygens (including phenoxy) is 1. The fourth-order valence-corrected chi connectivity index (χ4v) is 2.01. The number of hydrogen-bond donors (Lipinski definition) is 2. The van der Waals surface area contributed by atoms with E-state index in [2.05, 4.69) is 20.8 Å². The molecular formula is C16H12F2N4O3. The number of carbonyl (C=O) groups excluding carboxylic acids is 1. The van der Waals surface area contributed by atoms with Crippen LogP contribution in [-0.2, 0) is 0 Å². The molecule has 0 aliphatic rings. The lowest BCUT2D eigenvalue weighted by atomic mass is 10.2. The van der Waals surface area contributed by atoms with E-state index < -0.39 is 17.7 Å². The average molecular weight is 346 g/mol. The third kappa shape index (κ3) is 3.89. The van der Waals surface area contributed by atoms with E-state index >= 15 is 0 Å². The van der Waals surface area contributed by atoms with Crippen molar-refractivity contribution in [2.75, 3.05) is 17.7 Å². The van der Waals surface area contributed by atoms with E-state index in [1.807, 2.05) is 0 Å². The van der Waals surface area contributed by atoms with E-state index in [0.717, 1.165) is 12.1 Å². The summed E-state index contributed by atoms with van der Waals surface area (Å²) in [5.41, 5.74) is 0.413. The normalized spacial score (nSPS) is 10.4. The highest BCUT2D eigenvalue weighted by Gasteiger charge is 2.15. The zero-order valence-electron chi connectivity index (χ0n) is 12.9. The van der Waals surface area contributed by atoms with Gasteiger partial charge in [0, 0.05) is 17.8 Å². The summed E-state index contributed by atoms with van der Waals surface area (Å²) in [6, 6.07) is 8.76. The fraction of sp³-hybridized carbons (Fsp3) is 0.0625. The summed E-state index contributed by atoms with van der Waals surface area (Å²) in [7, 11) is 1.51. The summed E-state index contributed by atoms with van der Waals surface area (Å²) in [6.45, 7) is 0. The molecule has 2 amide bonds. The number of anilines is 2. The van der Waals surface area contributed by atoms with Gasteiger partial charge in [-0.15, -0.1) is 5.10 Å². The first-order valence-corrected chi connectivity index (χ1v) is 7.06. The van der Waals surface area contributed by atoms with Crippen LogP contribution in [0.3, 0.4) is 0 Å². The smallest absolute Gasteiger partial charge is 0.327 e. The van der Waals surface area contributed by atoms with Crippen LogP contribution in [0.15, 0.2) is 46.9 Å². The molecule has 0 spiro atoms. The molecule has 1 aromatic heterocycles. The van der Waals surface area contributed by atoms with Crippen LogP contribution in [0.1, 0.15) is 0 Å². The maximum Gasteiger partial charge on any atom is 0.327 e. The van der Waals surface area contributed by atoms with Gasteiger partial charge in [0.05, 0.1) is 12.7 Å². The predicted molar refractivity (Wildman–Crippen MR) is 85.3 cm³/mol. The molecule has 0 bridgehead atoms. The Kier molecular flexibility index (Phi) is 4.55. The molecule has 3 aromatic rings. The molecular weight excluding hydrogens is 334 g/mol. The largest absolute Gasteiger partial charge is 0.497 e. The third-order valence-corrected chi connectivity index (χ3v) is 3.13. The Morgan fingerprint density at radius 3 is 2.72 bits per heavy atom. The topological polar surface area (TPSA) is 89.3 Å². The lowest BCUT2D eigenvalue weighted by molar-refractivity contribution is 0.261. The molecule has 9 heteroatoms. The van der Waals surface area contributed by atoms with Crippen molar-refractivity contribution in [3.63, 3.8) is 0 Å². The predicted octanol–water partition coefficient (Wildman–Crippen LogP) is 3.67. The second kappa shape index (κ2) is 6.95. The second-order valence-corrected chi connectivity index (χ2v) is 4.85. The van der Waals surface area contributed by atoms with Gasteiger partial charge in [-0.1, -0.05) is 11.2 Å². The molecule has 0 unspecified atom stereocenters. The Balaban J connectivity index is 1.69. The van der Waals surface area contributed by atoms with Gasteiger partial charge in [-0.2, -0.15) is 0 Å². The lowest BCUT2D eigenvalue weighted by Crippen LogP contribution is -2.19. The molecule has 0 saturated heterocycles. The zero-order chi connectivity index (χ0) is 17.8. The summed E-state index contributed by atoms with van der Waals surface area (Å²) in [5, 5.41) is 12.1. The Morgan fingerprint density at radius 1 is 1.12 bits per heavy atom. The number of aromatic nitrogens is 2. The van der Waals surface area contributed by atoms with Crippen molar-refractivity contribution in [1.29, 1.82) is 0 Å². The highest BCUT2D eigenvalue weighted by atomic mass is 19.1. The van der Waals surface area contributed by atoms with Crippen molar-refractivity contribution in [2.45, 2.75) is 0 Å². The van der Waals surface area contributed by atoms with Gasteiger partial charge in [0.2, 0.25) is 0 Å². The molecule has 0 radical (unpaired) electrons. The van der Waals surface area contributed by atoms with Crippen molar-refractivity contribution < 1.29 is 22.7 Å². The lowest BCUT2D eigenvalue weighted by Gasteiger charge is -2.06. The average Bonchev–Trinajstić information content (AvgIpc) is 3.03. The van der Waals surface area contributed by atoms with Crippen LogP contribution in [-0.4, -0.2) is 23.3 Å². The van der Waals surface area contributed by atoms with Crippen LogP contribution < -0.4 is 15.4 Å². The monoisotopic (exact) mass is 346 g/mol. The van der Waals surface area contributed by atoms with Gasteiger partial charge >= 0.3 is 12.0 Å². The molecule has 0 aliphatic heterocycles. The number of methoxy groups -OCH3 is 1. The number of benzene rings is 2. The van der Waals surface area contributed by atoms with Gasteiger partial charge in [-0.3, -0.25) is 5.32 Å². The van der Waals surface area contributed by atoms with Gasteiger partial charge in [0.25, 0.3) is 5.89 Å². The van der Waals surface area contributed by atoms with E-state index in [1.165, 1.54) is 7.11 Å². The maximum atomic E-state index is 13.7. The first-order chi connectivity index (χ1) is 12.0. The highest BCUT2D eigenvalue weighted by Crippen LogP contribution is 2.23. The first kappa shape index (κ1) is 16.4. The minimum atomic E-state index is -0.851. The van der Waals surface area contributed by atoms with Gasteiger partial charge in [0.1, 0.15) is 17.4 Å². The number of urea groups is 1. The second-order valence-electron chi connectivity index (χ2n) is 4.85. The minimum Gasteiger partial charge on any atom is -0.497 e. The van der Waals surface area contributed by atoms with E-state index in [9.17, 15) is 13.6 Å². The van der Waals surface area contributed by atoms with Crippen LogP contribution >= 0.6 is 0 Å². The highest BCUT2D eigenvalue weighted by molar-refractivity contribution is 5.98. The van der Waals surface area contributed by atoms with Crippen LogP contribution in [0, 0.1) is 11.6 Å². The number of hydrogen-bond acceptors (Lipinski definition) is 5. The quantitative estimate of drug-likeness (QED) is 0.752. The molecule has 0 aliphatic carbocycles. The van der Waals surface area contributed by atoms with Crippen molar-refractivity contribution in [3.8, 4) is 17.2 Å². The van der Waals surface area contributed by atoms with Gasteiger partial charge < -0.3 is 14.5 Å². The molecule has 7 nitrogen and oxygen atoms in total. The van der Waals surface area contributed by atoms with Crippen LogP contribution in [0.2, 0.25) is 0 Å². The van der Waals surface area contributed by atoms with Crippen molar-refractivity contribution in [2.24, 2.45) is 0 Å². The number of rotatable bonds is 4. The van der Waals surface area contributed by atoms with Crippen molar-refractivity contribution in [1.82, 2.24) is 10.2 Å². The Bertz CT molecular complexity index is 914. The molecule has 0 saturated carbocycles. The summed E-state index contributed by atoms with van der Waals surface area (Å²) in [6.07, 6.45) is 0. The van der Waals surface area contributed by atoms with Crippen LogP contribution in [0.5, 0.6) is 5.75 Å². The van der Waals surface area contributed by atoms with E-state index in [0.29, 0.717) is 17.5 Å². The van der Waals surface area contributed by atoms with Gasteiger partial charge in [-0.05, 0) is 24.3 Å². The number of nitrogens with one attached hydrogen (secondary N) is 2. The molecule has 2 aromatic carbocycles. The third-order valence-electron chi connectivity index (χ3n) is 3.13. The van der Waals surface area contributed by atoms with Crippen molar-refractivity contribution in [3.05, 3.63) is 54.1 Å². The number of amides is 2.